The minimum absolute atomic E-state index is 0.0730. The third kappa shape index (κ3) is 4.99. The molecule has 0 radical (unpaired) electrons. The van der Waals surface area contributed by atoms with E-state index in [9.17, 15) is 29.8 Å². The predicted octanol–water partition coefficient (Wildman–Crippen LogP) is 5.31. The Bertz CT molecular complexity index is 1170. The highest BCUT2D eigenvalue weighted by atomic mass is 35.5. The highest BCUT2D eigenvalue weighted by molar-refractivity contribution is 6.33. The van der Waals surface area contributed by atoms with Crippen LogP contribution in [0.3, 0.4) is 0 Å². The molecule has 0 aliphatic carbocycles. The molecule has 3 aromatic carbocycles. The van der Waals surface area contributed by atoms with Crippen LogP contribution in [0.15, 0.2) is 60.7 Å². The molecule has 0 unspecified atom stereocenters. The molecular weight excluding hydrogens is 463 g/mol. The second-order valence-electron chi connectivity index (χ2n) is 6.30. The molecule has 0 heterocycles. The Morgan fingerprint density at radius 1 is 0.688 bits per heavy atom. The van der Waals surface area contributed by atoms with Crippen LogP contribution in [0.2, 0.25) is 10.0 Å². The monoisotopic (exact) mass is 474 g/mol. The fourth-order valence-electron chi connectivity index (χ4n) is 2.68. The molecule has 0 atom stereocenters. The minimum Gasteiger partial charge on any atom is -0.320 e. The summed E-state index contributed by atoms with van der Waals surface area (Å²) in [6.07, 6.45) is 0. The van der Waals surface area contributed by atoms with Crippen molar-refractivity contribution in [3.05, 3.63) is 102 Å². The fourth-order valence-corrected chi connectivity index (χ4v) is 3.18. The lowest BCUT2D eigenvalue weighted by Crippen LogP contribution is -2.17. The number of carbonyl (C=O) groups is 2. The van der Waals surface area contributed by atoms with Crippen LogP contribution in [0.1, 0.15) is 20.7 Å². The number of nitro groups is 2. The maximum Gasteiger partial charge on any atom is 0.287 e. The van der Waals surface area contributed by atoms with Gasteiger partial charge >= 0.3 is 0 Å². The van der Waals surface area contributed by atoms with Gasteiger partial charge in [-0.3, -0.25) is 29.8 Å². The first kappa shape index (κ1) is 22.7. The quantitative estimate of drug-likeness (QED) is 0.365. The van der Waals surface area contributed by atoms with E-state index in [4.69, 9.17) is 23.2 Å². The summed E-state index contributed by atoms with van der Waals surface area (Å²) in [4.78, 5) is 45.5. The van der Waals surface area contributed by atoms with Crippen molar-refractivity contribution in [1.82, 2.24) is 0 Å². The molecule has 10 nitrogen and oxygen atoms in total. The van der Waals surface area contributed by atoms with E-state index in [2.05, 4.69) is 10.6 Å². The molecule has 0 spiro atoms. The van der Waals surface area contributed by atoms with Crippen molar-refractivity contribution in [3.63, 3.8) is 0 Å². The van der Waals surface area contributed by atoms with Gasteiger partial charge in [0.1, 0.15) is 10.0 Å². The zero-order chi connectivity index (χ0) is 23.4. The van der Waals surface area contributed by atoms with Gasteiger partial charge in [-0.25, -0.2) is 0 Å². The number of nitrogens with zero attached hydrogens (tertiary/aromatic N) is 2. The summed E-state index contributed by atoms with van der Waals surface area (Å²) in [6.45, 7) is 0. The summed E-state index contributed by atoms with van der Waals surface area (Å²) in [7, 11) is 0. The molecule has 0 aliphatic rings. The van der Waals surface area contributed by atoms with Crippen molar-refractivity contribution in [2.45, 2.75) is 0 Å². The number of anilines is 2. The average molecular weight is 475 g/mol. The first-order valence-electron chi connectivity index (χ1n) is 8.77. The fraction of sp³-hybridized carbons (Fsp3) is 0. The van der Waals surface area contributed by atoms with E-state index in [0.29, 0.717) is 0 Å². The van der Waals surface area contributed by atoms with Crippen molar-refractivity contribution >= 4 is 57.8 Å². The third-order valence-corrected chi connectivity index (χ3v) is 4.84. The van der Waals surface area contributed by atoms with Gasteiger partial charge in [0.05, 0.1) is 21.2 Å². The topological polar surface area (TPSA) is 144 Å². The summed E-state index contributed by atoms with van der Waals surface area (Å²) in [6, 6.07) is 13.4. The first-order chi connectivity index (χ1) is 15.2. The van der Waals surface area contributed by atoms with Crippen LogP contribution < -0.4 is 10.6 Å². The normalized spacial score (nSPS) is 10.3. The third-order valence-electron chi connectivity index (χ3n) is 4.24. The zero-order valence-electron chi connectivity index (χ0n) is 15.9. The smallest absolute Gasteiger partial charge is 0.287 e. The molecule has 3 aromatic rings. The molecule has 0 fully saturated rings. The number of rotatable bonds is 6. The molecule has 2 N–H and O–H groups in total. The Balaban J connectivity index is 1.80. The van der Waals surface area contributed by atoms with Crippen LogP contribution in [0, 0.1) is 20.2 Å². The van der Waals surface area contributed by atoms with Gasteiger partial charge in [-0.05, 0) is 36.4 Å². The summed E-state index contributed by atoms with van der Waals surface area (Å²) in [5.74, 6) is -1.22. The van der Waals surface area contributed by atoms with E-state index in [1.807, 2.05) is 0 Å². The molecule has 32 heavy (non-hydrogen) atoms. The predicted molar refractivity (Wildman–Crippen MR) is 119 cm³/mol. The van der Waals surface area contributed by atoms with Gasteiger partial charge in [-0.2, -0.15) is 0 Å². The number of hydrogen-bond acceptors (Lipinski definition) is 6. The van der Waals surface area contributed by atoms with Gasteiger partial charge in [-0.1, -0.05) is 35.3 Å². The van der Waals surface area contributed by atoms with Gasteiger partial charge in [0.2, 0.25) is 0 Å². The van der Waals surface area contributed by atoms with Gasteiger partial charge in [0, 0.05) is 23.3 Å². The van der Waals surface area contributed by atoms with Crippen LogP contribution in [-0.4, -0.2) is 21.7 Å². The van der Waals surface area contributed by atoms with E-state index < -0.39 is 21.7 Å². The van der Waals surface area contributed by atoms with Crippen LogP contribution in [0.25, 0.3) is 0 Å². The van der Waals surface area contributed by atoms with Crippen LogP contribution in [0.5, 0.6) is 0 Å². The van der Waals surface area contributed by atoms with Crippen molar-refractivity contribution in [2.75, 3.05) is 10.6 Å². The lowest BCUT2D eigenvalue weighted by atomic mass is 10.1. The summed E-state index contributed by atoms with van der Waals surface area (Å²) >= 11 is 11.7. The molecule has 0 saturated carbocycles. The molecule has 0 aromatic heterocycles. The minimum atomic E-state index is -0.667. The molecular formula is C20H12Cl2N4O6. The molecule has 2 amide bonds. The number of amides is 2. The second kappa shape index (κ2) is 9.41. The van der Waals surface area contributed by atoms with Gasteiger partial charge < -0.3 is 10.6 Å². The number of hydrogen-bond donors (Lipinski definition) is 2. The highest BCUT2D eigenvalue weighted by Gasteiger charge is 2.18. The van der Waals surface area contributed by atoms with E-state index >= 15 is 0 Å². The SMILES string of the molecule is O=C(Nc1ccccc1NC(=O)c1ccc([N+](=O)[O-])c(Cl)c1)c1ccc([N+](=O)[O-])c(Cl)c1. The van der Waals surface area contributed by atoms with E-state index in [1.165, 1.54) is 24.3 Å². The van der Waals surface area contributed by atoms with Crippen molar-refractivity contribution in [3.8, 4) is 0 Å². The first-order valence-corrected chi connectivity index (χ1v) is 9.52. The molecule has 12 heteroatoms. The number of para-hydroxylation sites is 2. The summed E-state index contributed by atoms with van der Waals surface area (Å²) < 4.78 is 0. The standard InChI is InChI=1S/C20H12Cl2N4O6/c21-13-9-11(5-7-17(13)25(29)30)19(27)23-15-3-1-2-4-16(15)24-20(28)12-6-8-18(26(31)32)14(22)10-12/h1-10H,(H,23,27)(H,24,28). The summed E-state index contributed by atoms with van der Waals surface area (Å²) in [5.41, 5.74) is -0.0373. The Morgan fingerprint density at radius 2 is 1.06 bits per heavy atom. The van der Waals surface area contributed by atoms with Gasteiger partial charge in [-0.15, -0.1) is 0 Å². The Morgan fingerprint density at radius 3 is 1.38 bits per heavy atom. The number of nitro benzene ring substituents is 2. The highest BCUT2D eigenvalue weighted by Crippen LogP contribution is 2.28. The lowest BCUT2D eigenvalue weighted by Gasteiger charge is -2.13. The maximum absolute atomic E-state index is 12.6. The second-order valence-corrected chi connectivity index (χ2v) is 7.11. The molecule has 0 aliphatic heterocycles. The Hall–Kier alpha value is -4.02. The van der Waals surface area contributed by atoms with Crippen molar-refractivity contribution in [1.29, 1.82) is 0 Å². The Labute approximate surface area is 190 Å². The van der Waals surface area contributed by atoms with Gasteiger partial charge in [0.15, 0.2) is 0 Å². The average Bonchev–Trinajstić information content (AvgIpc) is 2.74. The van der Waals surface area contributed by atoms with E-state index in [0.717, 1.165) is 24.3 Å². The number of nitrogens with one attached hydrogen (secondary N) is 2. The molecule has 3 rings (SSSR count). The van der Waals surface area contributed by atoms with Crippen LogP contribution >= 0.6 is 23.2 Å². The number of benzene rings is 3. The summed E-state index contributed by atoms with van der Waals surface area (Å²) in [5, 5.41) is 26.5. The molecule has 0 bridgehead atoms. The number of halogens is 2. The maximum atomic E-state index is 12.6. The lowest BCUT2D eigenvalue weighted by molar-refractivity contribution is -0.384. The van der Waals surface area contributed by atoms with E-state index in [1.54, 1.807) is 12.1 Å². The molecule has 162 valence electrons. The van der Waals surface area contributed by atoms with E-state index in [-0.39, 0.29) is 43.9 Å². The van der Waals surface area contributed by atoms with Crippen molar-refractivity contribution in [2.24, 2.45) is 0 Å². The van der Waals surface area contributed by atoms with Gasteiger partial charge in [0.25, 0.3) is 23.2 Å². The largest absolute Gasteiger partial charge is 0.320 e. The van der Waals surface area contributed by atoms with Crippen LogP contribution in [-0.2, 0) is 0 Å². The molecule has 0 saturated heterocycles. The van der Waals surface area contributed by atoms with Crippen LogP contribution in [0.4, 0.5) is 22.7 Å². The zero-order valence-corrected chi connectivity index (χ0v) is 17.4. The van der Waals surface area contributed by atoms with Crippen molar-refractivity contribution < 1.29 is 19.4 Å². The number of carbonyl (C=O) groups excluding carboxylic acids is 2. The Kier molecular flexibility index (Phi) is 6.67.